The lowest BCUT2D eigenvalue weighted by Gasteiger charge is -2.26. The van der Waals surface area contributed by atoms with E-state index in [1.54, 1.807) is 18.2 Å². The average Bonchev–Trinajstić information content (AvgIpc) is 2.77. The van der Waals surface area contributed by atoms with Crippen molar-refractivity contribution in [1.82, 2.24) is 14.9 Å². The van der Waals surface area contributed by atoms with E-state index in [0.717, 1.165) is 39.3 Å². The summed E-state index contributed by atoms with van der Waals surface area (Å²) in [6, 6.07) is 13.4. The minimum atomic E-state index is -3.87. The summed E-state index contributed by atoms with van der Waals surface area (Å²) in [5.41, 5.74) is 1.29. The minimum Gasteiger partial charge on any atom is -0.379 e. The maximum absolute atomic E-state index is 12.9. The first-order valence-electron chi connectivity index (χ1n) is 10.1. The zero-order valence-corrected chi connectivity index (χ0v) is 18.5. The first-order valence-corrected chi connectivity index (χ1v) is 12.0. The Labute approximate surface area is 186 Å². The van der Waals surface area contributed by atoms with Crippen molar-refractivity contribution in [3.8, 4) is 0 Å². The van der Waals surface area contributed by atoms with Crippen LogP contribution in [0.4, 0.5) is 11.6 Å². The van der Waals surface area contributed by atoms with Gasteiger partial charge in [-0.25, -0.2) is 18.4 Å². The number of rotatable bonds is 8. The number of halogens is 1. The number of hydrogen-bond acceptors (Lipinski definition) is 7. The second-order valence-corrected chi connectivity index (χ2v) is 9.33. The van der Waals surface area contributed by atoms with Crippen molar-refractivity contribution in [2.45, 2.75) is 11.3 Å². The van der Waals surface area contributed by atoms with Crippen molar-refractivity contribution in [1.29, 1.82) is 0 Å². The Hall–Kier alpha value is -2.46. The summed E-state index contributed by atoms with van der Waals surface area (Å²) < 4.78 is 33.7. The number of ether oxygens (including phenoxy) is 1. The van der Waals surface area contributed by atoms with Crippen LogP contribution in [0.15, 0.2) is 53.4 Å². The van der Waals surface area contributed by atoms with Crippen LogP contribution in [0.1, 0.15) is 6.42 Å². The maximum Gasteiger partial charge on any atom is 0.263 e. The van der Waals surface area contributed by atoms with E-state index >= 15 is 0 Å². The highest BCUT2D eigenvalue weighted by Crippen LogP contribution is 2.25. The van der Waals surface area contributed by atoms with Crippen molar-refractivity contribution >= 4 is 44.3 Å². The van der Waals surface area contributed by atoms with Crippen LogP contribution in [0.25, 0.3) is 11.0 Å². The number of morpholine rings is 1. The van der Waals surface area contributed by atoms with E-state index in [2.05, 4.69) is 24.9 Å². The number of anilines is 2. The molecule has 0 radical (unpaired) electrons. The fourth-order valence-electron chi connectivity index (χ4n) is 3.35. The van der Waals surface area contributed by atoms with Gasteiger partial charge in [0.25, 0.3) is 10.0 Å². The molecule has 0 saturated carbocycles. The summed E-state index contributed by atoms with van der Waals surface area (Å²) in [4.78, 5) is 11.5. The van der Waals surface area contributed by atoms with Crippen LogP contribution in [-0.4, -0.2) is 62.7 Å². The van der Waals surface area contributed by atoms with Gasteiger partial charge in [-0.05, 0) is 43.3 Å². The third-order valence-corrected chi connectivity index (χ3v) is 6.53. The molecule has 0 aliphatic carbocycles. The van der Waals surface area contributed by atoms with Gasteiger partial charge in [-0.3, -0.25) is 9.62 Å². The minimum absolute atomic E-state index is 0.0632. The van der Waals surface area contributed by atoms with Crippen LogP contribution in [0.5, 0.6) is 0 Å². The molecule has 0 amide bonds. The SMILES string of the molecule is O=S(=O)(Nc1nc2ccccc2nc1NCCCN1CCOCC1)c1cccc(Cl)c1. The standard InChI is InChI=1S/C21H24ClN5O3S/c22-16-5-3-6-17(15-16)31(28,29)26-21-20(24-18-7-1-2-8-19(18)25-21)23-9-4-10-27-11-13-30-14-12-27/h1-3,5-8,15H,4,9-14H2,(H,23,24)(H,25,26). The molecular formula is C21H24ClN5O3S. The van der Waals surface area contributed by atoms with Crippen LogP contribution in [0, 0.1) is 0 Å². The second-order valence-electron chi connectivity index (χ2n) is 7.21. The van der Waals surface area contributed by atoms with E-state index in [-0.39, 0.29) is 10.7 Å². The highest BCUT2D eigenvalue weighted by molar-refractivity contribution is 7.92. The molecule has 1 aromatic heterocycles. The molecule has 10 heteroatoms. The topological polar surface area (TPSA) is 96.5 Å². The molecule has 8 nitrogen and oxygen atoms in total. The Balaban J connectivity index is 1.53. The molecule has 1 saturated heterocycles. The number of fused-ring (bicyclic) bond motifs is 1. The largest absolute Gasteiger partial charge is 0.379 e. The van der Waals surface area contributed by atoms with Gasteiger partial charge in [0.2, 0.25) is 0 Å². The highest BCUT2D eigenvalue weighted by atomic mass is 35.5. The lowest BCUT2D eigenvalue weighted by molar-refractivity contribution is 0.0378. The fraction of sp³-hybridized carbons (Fsp3) is 0.333. The Bertz CT molecular complexity index is 1150. The van der Waals surface area contributed by atoms with Crippen molar-refractivity contribution in [3.05, 3.63) is 53.6 Å². The fourth-order valence-corrected chi connectivity index (χ4v) is 4.66. The quantitative estimate of drug-likeness (QED) is 0.497. The first kappa shape index (κ1) is 21.8. The molecule has 164 valence electrons. The molecule has 1 fully saturated rings. The van der Waals surface area contributed by atoms with Crippen molar-refractivity contribution in [2.24, 2.45) is 0 Å². The van der Waals surface area contributed by atoms with Crippen LogP contribution in [-0.2, 0) is 14.8 Å². The summed E-state index contributed by atoms with van der Waals surface area (Å²) in [5.74, 6) is 0.552. The zero-order valence-electron chi connectivity index (χ0n) is 16.9. The molecule has 2 aromatic carbocycles. The van der Waals surface area contributed by atoms with Crippen LogP contribution in [0.2, 0.25) is 5.02 Å². The van der Waals surface area contributed by atoms with Gasteiger partial charge in [-0.1, -0.05) is 29.8 Å². The summed E-state index contributed by atoms with van der Waals surface area (Å²) in [6.45, 7) is 4.95. The molecule has 0 spiro atoms. The Kier molecular flexibility index (Phi) is 6.86. The number of hydrogen-bond donors (Lipinski definition) is 2. The molecule has 1 aliphatic heterocycles. The maximum atomic E-state index is 12.9. The van der Waals surface area contributed by atoms with Crippen LogP contribution in [0.3, 0.4) is 0 Å². The number of aromatic nitrogens is 2. The predicted molar refractivity (Wildman–Crippen MR) is 122 cm³/mol. The van der Waals surface area contributed by atoms with Gasteiger partial charge in [0.15, 0.2) is 11.6 Å². The number of nitrogens with zero attached hydrogens (tertiary/aromatic N) is 3. The third kappa shape index (κ3) is 5.62. The number of nitrogens with one attached hydrogen (secondary N) is 2. The van der Waals surface area contributed by atoms with E-state index in [1.807, 2.05) is 18.2 Å². The van der Waals surface area contributed by atoms with Gasteiger partial charge in [0.05, 0.1) is 29.1 Å². The van der Waals surface area contributed by atoms with Gasteiger partial charge in [0, 0.05) is 24.7 Å². The zero-order chi connectivity index (χ0) is 21.7. The van der Waals surface area contributed by atoms with Gasteiger partial charge in [-0.15, -0.1) is 0 Å². The van der Waals surface area contributed by atoms with E-state index in [9.17, 15) is 8.42 Å². The van der Waals surface area contributed by atoms with E-state index < -0.39 is 10.0 Å². The molecule has 0 unspecified atom stereocenters. The molecule has 2 heterocycles. The Morgan fingerprint density at radius 1 is 1.00 bits per heavy atom. The van der Waals surface area contributed by atoms with E-state index in [4.69, 9.17) is 16.3 Å². The normalized spacial score (nSPS) is 15.1. The predicted octanol–water partition coefficient (Wildman–Crippen LogP) is 3.22. The second kappa shape index (κ2) is 9.78. The Morgan fingerprint density at radius 2 is 1.71 bits per heavy atom. The lowest BCUT2D eigenvalue weighted by atomic mass is 10.3. The van der Waals surface area contributed by atoms with Crippen LogP contribution >= 0.6 is 11.6 Å². The number of sulfonamides is 1. The molecule has 0 bridgehead atoms. The van der Waals surface area contributed by atoms with Crippen LogP contribution < -0.4 is 10.0 Å². The average molecular weight is 462 g/mol. The van der Waals surface area contributed by atoms with Crippen molar-refractivity contribution in [2.75, 3.05) is 49.4 Å². The van der Waals surface area contributed by atoms with Crippen molar-refractivity contribution < 1.29 is 13.2 Å². The van der Waals surface area contributed by atoms with Crippen molar-refractivity contribution in [3.63, 3.8) is 0 Å². The molecule has 31 heavy (non-hydrogen) atoms. The molecule has 3 aromatic rings. The number of benzene rings is 2. The molecule has 0 atom stereocenters. The summed E-state index contributed by atoms with van der Waals surface area (Å²) in [7, 11) is -3.87. The van der Waals surface area contributed by atoms with Gasteiger partial charge >= 0.3 is 0 Å². The van der Waals surface area contributed by atoms with Gasteiger partial charge < -0.3 is 10.1 Å². The summed E-state index contributed by atoms with van der Waals surface area (Å²) in [6.07, 6.45) is 0.884. The summed E-state index contributed by atoms with van der Waals surface area (Å²) >= 11 is 5.97. The first-order chi connectivity index (χ1) is 15.0. The van der Waals surface area contributed by atoms with Gasteiger partial charge in [-0.2, -0.15) is 0 Å². The summed E-state index contributed by atoms with van der Waals surface area (Å²) in [5, 5.41) is 3.59. The Morgan fingerprint density at radius 3 is 2.42 bits per heavy atom. The third-order valence-electron chi connectivity index (χ3n) is 4.96. The monoisotopic (exact) mass is 461 g/mol. The molecule has 4 rings (SSSR count). The lowest BCUT2D eigenvalue weighted by Crippen LogP contribution is -2.37. The molecule has 2 N–H and O–H groups in total. The highest BCUT2D eigenvalue weighted by Gasteiger charge is 2.19. The van der Waals surface area contributed by atoms with E-state index in [1.165, 1.54) is 12.1 Å². The molecular weight excluding hydrogens is 438 g/mol. The molecule has 1 aliphatic rings. The van der Waals surface area contributed by atoms with Gasteiger partial charge in [0.1, 0.15) is 0 Å². The van der Waals surface area contributed by atoms with E-state index in [0.29, 0.717) is 28.4 Å². The smallest absolute Gasteiger partial charge is 0.263 e. The number of para-hydroxylation sites is 2.